The van der Waals surface area contributed by atoms with E-state index in [0.717, 1.165) is 64.5 Å². The van der Waals surface area contributed by atoms with Gasteiger partial charge in [-0.1, -0.05) is 109 Å². The van der Waals surface area contributed by atoms with Crippen LogP contribution in [0.25, 0.3) is 64.6 Å². The minimum atomic E-state index is -1.49. The Morgan fingerprint density at radius 2 is 0.738 bits per heavy atom. The molecule has 0 spiro atoms. The second-order valence-electron chi connectivity index (χ2n) is 10.9. The summed E-state index contributed by atoms with van der Waals surface area (Å²) in [5.74, 6) is -3.79. The summed E-state index contributed by atoms with van der Waals surface area (Å²) in [7, 11) is -1.49. The molecule has 0 heterocycles. The van der Waals surface area contributed by atoms with Crippen LogP contribution in [0.1, 0.15) is 0 Å². The zero-order chi connectivity index (χ0) is 28.1. The van der Waals surface area contributed by atoms with Crippen molar-refractivity contribution in [1.82, 2.24) is 0 Å². The molecule has 0 atom stereocenters. The monoisotopic (exact) mass is 564 g/mol. The largest absolute Gasteiger partial charge is 0.204 e. The molecule has 4 heteroatoms. The van der Waals surface area contributed by atoms with Crippen molar-refractivity contribution in [2.24, 2.45) is 0 Å². The Balaban J connectivity index is 1.44. The van der Waals surface area contributed by atoms with Gasteiger partial charge in [0.25, 0.3) is 0 Å². The second-order valence-corrected chi connectivity index (χ2v) is 13.1. The molecule has 9 aromatic carbocycles. The van der Waals surface area contributed by atoms with Crippen molar-refractivity contribution in [2.75, 3.05) is 0 Å². The van der Waals surface area contributed by atoms with E-state index in [9.17, 15) is 13.2 Å². The topological polar surface area (TPSA) is 0 Å². The van der Waals surface area contributed by atoms with Gasteiger partial charge < -0.3 is 0 Å². The number of hydrogen-bond donors (Lipinski definition) is 0. The first-order valence-electron chi connectivity index (χ1n) is 13.8. The molecule has 0 unspecified atom stereocenters. The van der Waals surface area contributed by atoms with E-state index in [2.05, 4.69) is 109 Å². The third-order valence-electron chi connectivity index (χ3n) is 8.72. The minimum absolute atomic E-state index is 0.437. The highest BCUT2D eigenvalue weighted by Gasteiger charge is 2.26. The Bertz CT molecular complexity index is 2310. The fourth-order valence-corrected chi connectivity index (χ4v) is 9.51. The minimum Gasteiger partial charge on any atom is -0.204 e. The van der Waals surface area contributed by atoms with Crippen molar-refractivity contribution < 1.29 is 13.2 Å². The molecule has 198 valence electrons. The van der Waals surface area contributed by atoms with Crippen LogP contribution in [0, 0.1) is 17.5 Å². The van der Waals surface area contributed by atoms with E-state index in [1.165, 1.54) is 22.9 Å². The quantitative estimate of drug-likeness (QED) is 0.114. The van der Waals surface area contributed by atoms with Gasteiger partial charge in [0, 0.05) is 0 Å². The van der Waals surface area contributed by atoms with E-state index in [0.29, 0.717) is 5.30 Å². The van der Waals surface area contributed by atoms with E-state index in [4.69, 9.17) is 0 Å². The average Bonchev–Trinajstić information content (AvgIpc) is 3.02. The van der Waals surface area contributed by atoms with Crippen LogP contribution in [0.3, 0.4) is 0 Å². The number of halogens is 3. The molecule has 0 bridgehead atoms. The Labute approximate surface area is 240 Å². The summed E-state index contributed by atoms with van der Waals surface area (Å²) in [4.78, 5) is 0. The first-order chi connectivity index (χ1) is 20.6. The molecule has 0 amide bonds. The van der Waals surface area contributed by atoms with E-state index in [-0.39, 0.29) is 0 Å². The van der Waals surface area contributed by atoms with Gasteiger partial charge in [0.1, 0.15) is 0 Å². The average molecular weight is 565 g/mol. The molecule has 0 radical (unpaired) electrons. The summed E-state index contributed by atoms with van der Waals surface area (Å²) in [5, 5.41) is 15.9. The predicted molar refractivity (Wildman–Crippen MR) is 172 cm³/mol. The van der Waals surface area contributed by atoms with Crippen molar-refractivity contribution in [1.29, 1.82) is 0 Å². The first kappa shape index (κ1) is 23.9. The number of rotatable bonds is 3. The van der Waals surface area contributed by atoms with Crippen LogP contribution in [-0.4, -0.2) is 0 Å². The van der Waals surface area contributed by atoms with Crippen LogP contribution < -0.4 is 15.9 Å². The van der Waals surface area contributed by atoms with Crippen molar-refractivity contribution in [3.05, 3.63) is 139 Å². The standard InChI is InChI=1S/C38H20F3P/c39-30-19-27(20-31(40)38(30)41)42(32-17-13-25-9-7-21-3-1-5-23-11-15-28(32)36(25)34(21)23)33-18-14-26-10-8-22-4-2-6-24-12-16-29(33)37(26)35(22)24/h1-20H. The van der Waals surface area contributed by atoms with Crippen LogP contribution >= 0.6 is 7.92 Å². The van der Waals surface area contributed by atoms with Gasteiger partial charge in [-0.15, -0.1) is 0 Å². The van der Waals surface area contributed by atoms with E-state index >= 15 is 0 Å². The van der Waals surface area contributed by atoms with Crippen molar-refractivity contribution in [2.45, 2.75) is 0 Å². The van der Waals surface area contributed by atoms with Crippen LogP contribution in [0.5, 0.6) is 0 Å². The Kier molecular flexibility index (Phi) is 4.93. The zero-order valence-electron chi connectivity index (χ0n) is 22.1. The van der Waals surface area contributed by atoms with Crippen molar-refractivity contribution >= 4 is 88.5 Å². The van der Waals surface area contributed by atoms with E-state index < -0.39 is 25.4 Å². The molecule has 9 aromatic rings. The third-order valence-corrected chi connectivity index (χ3v) is 11.2. The highest BCUT2D eigenvalue weighted by molar-refractivity contribution is 7.80. The van der Waals surface area contributed by atoms with Crippen LogP contribution in [0.4, 0.5) is 13.2 Å². The molecule has 0 aliphatic rings. The molecule has 0 aromatic heterocycles. The lowest BCUT2D eigenvalue weighted by Crippen LogP contribution is -2.23. The lowest BCUT2D eigenvalue weighted by molar-refractivity contribution is 0.448. The fourth-order valence-electron chi connectivity index (χ4n) is 6.91. The SMILES string of the molecule is Fc1cc(P(c2ccc3ccc4cccc5ccc2c3c45)c2ccc3ccc4cccc5ccc2c3c45)cc(F)c1F. The normalized spacial score (nSPS) is 12.4. The molecular formula is C38H20F3P. The third kappa shape index (κ3) is 3.23. The molecule has 42 heavy (non-hydrogen) atoms. The van der Waals surface area contributed by atoms with Crippen molar-refractivity contribution in [3.8, 4) is 0 Å². The zero-order valence-corrected chi connectivity index (χ0v) is 23.0. The summed E-state index contributed by atoms with van der Waals surface area (Å²) >= 11 is 0. The predicted octanol–water partition coefficient (Wildman–Crippen LogP) is 9.66. The highest BCUT2D eigenvalue weighted by atomic mass is 31.1. The molecule has 0 saturated heterocycles. The van der Waals surface area contributed by atoms with Crippen molar-refractivity contribution in [3.63, 3.8) is 0 Å². The van der Waals surface area contributed by atoms with Gasteiger partial charge in [0.15, 0.2) is 17.5 Å². The lowest BCUT2D eigenvalue weighted by Gasteiger charge is -2.25. The maximum atomic E-state index is 14.9. The molecule has 0 nitrogen and oxygen atoms in total. The highest BCUT2D eigenvalue weighted by Crippen LogP contribution is 2.44. The Hall–Kier alpha value is -4.72. The molecular weight excluding hydrogens is 544 g/mol. The second kappa shape index (κ2) is 8.64. The summed E-state index contributed by atoms with van der Waals surface area (Å²) in [5.41, 5.74) is 0. The maximum absolute atomic E-state index is 14.9. The Morgan fingerprint density at radius 1 is 0.381 bits per heavy atom. The molecule has 0 aliphatic carbocycles. The van der Waals surface area contributed by atoms with Gasteiger partial charge in [-0.3, -0.25) is 0 Å². The summed E-state index contributed by atoms with van der Waals surface area (Å²) in [6, 6.07) is 40.3. The van der Waals surface area contributed by atoms with Gasteiger partial charge in [-0.05, 0) is 101 Å². The molecule has 0 aliphatic heterocycles. The Morgan fingerprint density at radius 3 is 1.17 bits per heavy atom. The maximum Gasteiger partial charge on any atom is 0.194 e. The smallest absolute Gasteiger partial charge is 0.194 e. The number of benzene rings is 9. The van der Waals surface area contributed by atoms with Gasteiger partial charge in [0.05, 0.1) is 0 Å². The molecule has 9 rings (SSSR count). The van der Waals surface area contributed by atoms with Crippen LogP contribution in [0.2, 0.25) is 0 Å². The molecule has 0 saturated carbocycles. The van der Waals surface area contributed by atoms with Gasteiger partial charge in [0.2, 0.25) is 0 Å². The van der Waals surface area contributed by atoms with Crippen LogP contribution in [-0.2, 0) is 0 Å². The van der Waals surface area contributed by atoms with Gasteiger partial charge in [-0.25, -0.2) is 13.2 Å². The van der Waals surface area contributed by atoms with E-state index in [1.54, 1.807) is 0 Å². The summed E-state index contributed by atoms with van der Waals surface area (Å²) < 4.78 is 44.1. The fraction of sp³-hybridized carbons (Fsp3) is 0. The molecule has 0 fully saturated rings. The summed E-state index contributed by atoms with van der Waals surface area (Å²) in [6.45, 7) is 0. The first-order valence-corrected chi connectivity index (χ1v) is 15.2. The van der Waals surface area contributed by atoms with Gasteiger partial charge >= 0.3 is 0 Å². The summed E-state index contributed by atoms with van der Waals surface area (Å²) in [6.07, 6.45) is 0. The number of hydrogen-bond acceptors (Lipinski definition) is 0. The van der Waals surface area contributed by atoms with E-state index in [1.807, 2.05) is 0 Å². The lowest BCUT2D eigenvalue weighted by atomic mass is 9.94. The van der Waals surface area contributed by atoms with Gasteiger partial charge in [-0.2, -0.15) is 0 Å². The molecule has 0 N–H and O–H groups in total. The van der Waals surface area contributed by atoms with Crippen LogP contribution in [0.15, 0.2) is 121 Å².